The van der Waals surface area contributed by atoms with Crippen molar-refractivity contribution in [1.29, 1.82) is 0 Å². The molecule has 1 aliphatic rings. The Morgan fingerprint density at radius 1 is 1.53 bits per heavy atom. The smallest absolute Gasteiger partial charge is 0.341 e. The fraction of sp³-hybridized carbons (Fsp3) is 0.900. The molecule has 88 valence electrons. The third-order valence-corrected chi connectivity index (χ3v) is 2.11. The molecule has 2 unspecified atom stereocenters. The second kappa shape index (κ2) is 4.08. The Morgan fingerprint density at radius 2 is 2.13 bits per heavy atom. The topological polar surface area (TPSA) is 58.6 Å². The third-order valence-electron chi connectivity index (χ3n) is 2.11. The molecule has 0 radical (unpaired) electrons. The number of rotatable bonds is 1. The van der Waals surface area contributed by atoms with Gasteiger partial charge in [0.15, 0.2) is 0 Å². The molecular formula is C10H19NO4. The number of morpholine rings is 1. The molecule has 0 spiro atoms. The van der Waals surface area contributed by atoms with E-state index >= 15 is 0 Å². The summed E-state index contributed by atoms with van der Waals surface area (Å²) in [4.78, 5) is 11.6. The standard InChI is InChI=1S/C10H19NO4/c1-10(2,3)15-9(12)8-7-11(4,13)5-6-14-8/h8H,5-7H2,1-4H3. The first-order valence-corrected chi connectivity index (χ1v) is 5.10. The van der Waals surface area contributed by atoms with Crippen LogP contribution < -0.4 is 0 Å². The van der Waals surface area contributed by atoms with Crippen molar-refractivity contribution in [1.82, 2.24) is 0 Å². The Kier molecular flexibility index (Phi) is 3.38. The SMILES string of the molecule is CC(C)(C)OC(=O)C1C[N+](C)([O-])CCO1. The zero-order valence-corrected chi connectivity index (χ0v) is 9.78. The molecule has 1 fully saturated rings. The average Bonchev–Trinajstić information content (AvgIpc) is 1.99. The molecule has 0 aliphatic carbocycles. The Morgan fingerprint density at radius 3 is 2.60 bits per heavy atom. The maximum Gasteiger partial charge on any atom is 0.341 e. The van der Waals surface area contributed by atoms with Crippen LogP contribution in [0.1, 0.15) is 20.8 Å². The maximum atomic E-state index is 11.7. The molecule has 0 bridgehead atoms. The summed E-state index contributed by atoms with van der Waals surface area (Å²) in [5.74, 6) is -0.442. The molecule has 0 saturated carbocycles. The number of quaternary nitrogens is 1. The molecule has 2 atom stereocenters. The number of carbonyl (C=O) groups is 1. The van der Waals surface area contributed by atoms with Gasteiger partial charge in [-0.2, -0.15) is 0 Å². The zero-order valence-electron chi connectivity index (χ0n) is 9.78. The zero-order chi connectivity index (χ0) is 11.7. The van der Waals surface area contributed by atoms with E-state index in [-0.39, 0.29) is 6.54 Å². The van der Waals surface area contributed by atoms with Gasteiger partial charge in [-0.3, -0.25) is 0 Å². The van der Waals surface area contributed by atoms with Gasteiger partial charge in [0, 0.05) is 0 Å². The number of nitrogens with zero attached hydrogens (tertiary/aromatic N) is 1. The van der Waals surface area contributed by atoms with Gasteiger partial charge in [0.25, 0.3) is 0 Å². The van der Waals surface area contributed by atoms with Crippen molar-refractivity contribution in [3.05, 3.63) is 5.21 Å². The van der Waals surface area contributed by atoms with Crippen LogP contribution in [0.4, 0.5) is 0 Å². The summed E-state index contributed by atoms with van der Waals surface area (Å²) in [7, 11) is 1.54. The first kappa shape index (κ1) is 12.4. The second-order valence-corrected chi connectivity index (χ2v) is 5.10. The van der Waals surface area contributed by atoms with E-state index in [0.29, 0.717) is 13.2 Å². The van der Waals surface area contributed by atoms with Crippen LogP contribution in [0.2, 0.25) is 0 Å². The first-order valence-electron chi connectivity index (χ1n) is 5.10. The summed E-state index contributed by atoms with van der Waals surface area (Å²) in [6, 6.07) is 0. The predicted molar refractivity (Wildman–Crippen MR) is 54.9 cm³/mol. The molecule has 0 aromatic rings. The van der Waals surface area contributed by atoms with E-state index in [1.54, 1.807) is 27.8 Å². The lowest BCUT2D eigenvalue weighted by atomic mass is 10.2. The second-order valence-electron chi connectivity index (χ2n) is 5.10. The molecule has 1 saturated heterocycles. The van der Waals surface area contributed by atoms with Gasteiger partial charge in [-0.05, 0) is 20.8 Å². The minimum atomic E-state index is -0.722. The highest BCUT2D eigenvalue weighted by Crippen LogP contribution is 2.15. The minimum absolute atomic E-state index is 0.134. The monoisotopic (exact) mass is 217 g/mol. The van der Waals surface area contributed by atoms with Gasteiger partial charge in [-0.1, -0.05) is 0 Å². The van der Waals surface area contributed by atoms with E-state index < -0.39 is 22.3 Å². The normalized spacial score (nSPS) is 32.5. The van der Waals surface area contributed by atoms with E-state index in [2.05, 4.69) is 0 Å². The highest BCUT2D eigenvalue weighted by Gasteiger charge is 2.34. The maximum absolute atomic E-state index is 11.7. The van der Waals surface area contributed by atoms with Crippen molar-refractivity contribution >= 4 is 5.97 Å². The summed E-state index contributed by atoms with van der Waals surface area (Å²) in [6.07, 6.45) is -0.722. The lowest BCUT2D eigenvalue weighted by Gasteiger charge is -2.44. The number of carbonyl (C=O) groups excluding carboxylic acids is 1. The highest BCUT2D eigenvalue weighted by atomic mass is 16.6. The van der Waals surface area contributed by atoms with Crippen LogP contribution in [-0.4, -0.2) is 49.1 Å². The van der Waals surface area contributed by atoms with Crippen LogP contribution in [0.3, 0.4) is 0 Å². The van der Waals surface area contributed by atoms with Crippen LogP contribution in [0, 0.1) is 5.21 Å². The Bertz CT molecular complexity index is 244. The largest absolute Gasteiger partial charge is 0.633 e. The van der Waals surface area contributed by atoms with E-state index in [0.717, 1.165) is 0 Å². The van der Waals surface area contributed by atoms with Crippen molar-refractivity contribution in [2.75, 3.05) is 26.7 Å². The van der Waals surface area contributed by atoms with Crippen LogP contribution in [0.25, 0.3) is 0 Å². The van der Waals surface area contributed by atoms with Crippen LogP contribution in [0.15, 0.2) is 0 Å². The summed E-state index contributed by atoms with van der Waals surface area (Å²) >= 11 is 0. The molecular weight excluding hydrogens is 198 g/mol. The van der Waals surface area contributed by atoms with Crippen LogP contribution in [-0.2, 0) is 14.3 Å². The molecule has 1 aliphatic heterocycles. The number of likely N-dealkylation sites (N-methyl/N-ethyl adjacent to an activating group) is 1. The predicted octanol–water partition coefficient (Wildman–Crippen LogP) is 0.671. The van der Waals surface area contributed by atoms with E-state index in [9.17, 15) is 10.0 Å². The Hall–Kier alpha value is -0.650. The summed E-state index contributed by atoms with van der Waals surface area (Å²) < 4.78 is 9.95. The lowest BCUT2D eigenvalue weighted by Crippen LogP contribution is -2.54. The molecule has 0 aromatic carbocycles. The fourth-order valence-corrected chi connectivity index (χ4v) is 1.39. The summed E-state index contributed by atoms with van der Waals surface area (Å²) in [5.41, 5.74) is -0.538. The van der Waals surface area contributed by atoms with Gasteiger partial charge in [-0.15, -0.1) is 0 Å². The summed E-state index contributed by atoms with van der Waals surface area (Å²) in [5, 5.41) is 11.7. The van der Waals surface area contributed by atoms with Crippen LogP contribution >= 0.6 is 0 Å². The molecule has 0 amide bonds. The number of hydrogen-bond donors (Lipinski definition) is 0. The third kappa shape index (κ3) is 4.15. The van der Waals surface area contributed by atoms with Crippen molar-refractivity contribution in [2.45, 2.75) is 32.5 Å². The van der Waals surface area contributed by atoms with E-state index in [1.165, 1.54) is 0 Å². The van der Waals surface area contributed by atoms with Crippen LogP contribution in [0.5, 0.6) is 0 Å². The molecule has 1 heterocycles. The molecule has 5 nitrogen and oxygen atoms in total. The van der Waals surface area contributed by atoms with Gasteiger partial charge in [0.1, 0.15) is 18.7 Å². The summed E-state index contributed by atoms with van der Waals surface area (Å²) in [6.45, 7) is 6.20. The average molecular weight is 217 g/mol. The number of hydroxylamine groups is 3. The Labute approximate surface area is 90.1 Å². The van der Waals surface area contributed by atoms with E-state index in [1.807, 2.05) is 0 Å². The number of esters is 1. The van der Waals surface area contributed by atoms with Crippen molar-refractivity contribution in [2.24, 2.45) is 0 Å². The Balaban J connectivity index is 2.53. The molecule has 15 heavy (non-hydrogen) atoms. The molecule has 0 N–H and O–H groups in total. The van der Waals surface area contributed by atoms with Crippen molar-refractivity contribution in [3.63, 3.8) is 0 Å². The minimum Gasteiger partial charge on any atom is -0.633 e. The number of ether oxygens (including phenoxy) is 2. The van der Waals surface area contributed by atoms with E-state index in [4.69, 9.17) is 9.47 Å². The van der Waals surface area contributed by atoms with Gasteiger partial charge >= 0.3 is 5.97 Å². The number of hydrogen-bond acceptors (Lipinski definition) is 4. The first-order chi connectivity index (χ1) is 6.70. The molecule has 5 heteroatoms. The van der Waals surface area contributed by atoms with Crippen molar-refractivity contribution < 1.29 is 18.9 Å². The fourth-order valence-electron chi connectivity index (χ4n) is 1.39. The highest BCUT2D eigenvalue weighted by molar-refractivity contribution is 5.75. The van der Waals surface area contributed by atoms with Gasteiger partial charge in [-0.25, -0.2) is 4.79 Å². The van der Waals surface area contributed by atoms with Crippen molar-refractivity contribution in [3.8, 4) is 0 Å². The van der Waals surface area contributed by atoms with Gasteiger partial charge in [0.05, 0.1) is 13.7 Å². The molecule has 0 aromatic heterocycles. The quantitative estimate of drug-likeness (QED) is 0.368. The lowest BCUT2D eigenvalue weighted by molar-refractivity contribution is -0.871. The van der Waals surface area contributed by atoms with Gasteiger partial charge in [0.2, 0.25) is 6.10 Å². The molecule has 1 rings (SSSR count). The van der Waals surface area contributed by atoms with Gasteiger partial charge < -0.3 is 19.3 Å².